The molecule has 0 aliphatic heterocycles. The predicted molar refractivity (Wildman–Crippen MR) is 134 cm³/mol. The lowest BCUT2D eigenvalue weighted by Crippen LogP contribution is -2.38. The van der Waals surface area contributed by atoms with E-state index in [4.69, 9.17) is 4.98 Å². The van der Waals surface area contributed by atoms with Crippen LogP contribution in [0.3, 0.4) is 0 Å². The Morgan fingerprint density at radius 1 is 0.719 bits per heavy atom. The number of rotatable bonds is 6. The zero-order valence-electron chi connectivity index (χ0n) is 19.7. The van der Waals surface area contributed by atoms with E-state index in [-0.39, 0.29) is 5.41 Å². The Morgan fingerprint density at radius 3 is 1.78 bits per heavy atom. The summed E-state index contributed by atoms with van der Waals surface area (Å²) in [6.45, 7) is 9.06. The molecule has 2 aromatic heterocycles. The number of unbranched alkanes of at least 4 members (excludes halogenated alkanes) is 1. The molecule has 0 fully saturated rings. The molecule has 0 amide bonds. The highest BCUT2D eigenvalue weighted by atomic mass is 15.1. The summed E-state index contributed by atoms with van der Waals surface area (Å²) in [6.07, 6.45) is 3.33. The van der Waals surface area contributed by atoms with E-state index < -0.39 is 0 Å². The Bertz CT molecular complexity index is 1110. The minimum atomic E-state index is 0.0303. The maximum Gasteiger partial charge on any atom is 0.328 e. The van der Waals surface area contributed by atoms with Crippen LogP contribution in [0.15, 0.2) is 91.0 Å². The summed E-state index contributed by atoms with van der Waals surface area (Å²) in [7, 11) is 0. The lowest BCUT2D eigenvalue weighted by atomic mass is 9.85. The second kappa shape index (κ2) is 9.48. The van der Waals surface area contributed by atoms with E-state index in [9.17, 15) is 0 Å². The van der Waals surface area contributed by atoms with E-state index in [1.165, 1.54) is 23.1 Å². The highest BCUT2D eigenvalue weighted by Crippen LogP contribution is 2.31. The van der Waals surface area contributed by atoms with Crippen LogP contribution in [0.25, 0.3) is 28.3 Å². The van der Waals surface area contributed by atoms with Crippen LogP contribution >= 0.6 is 0 Å². The van der Waals surface area contributed by atoms with Crippen LogP contribution in [0, 0.1) is 0 Å². The maximum absolute atomic E-state index is 5.11. The molecule has 0 saturated carbocycles. The van der Waals surface area contributed by atoms with Gasteiger partial charge in [-0.05, 0) is 46.6 Å². The number of hydrogen-bond acceptors (Lipinski definition) is 1. The minimum absolute atomic E-state index is 0.0303. The van der Waals surface area contributed by atoms with E-state index in [1.807, 2.05) is 0 Å². The van der Waals surface area contributed by atoms with Gasteiger partial charge in [0.05, 0.1) is 0 Å². The molecule has 2 heteroatoms. The van der Waals surface area contributed by atoms with E-state index in [1.54, 1.807) is 0 Å². The molecule has 162 valence electrons. The van der Waals surface area contributed by atoms with Crippen LogP contribution in [0.4, 0.5) is 0 Å². The zero-order chi connectivity index (χ0) is 22.6. The van der Waals surface area contributed by atoms with Gasteiger partial charge in [0.2, 0.25) is 0 Å². The maximum atomic E-state index is 5.11. The molecule has 4 aromatic rings. The average molecular weight is 422 g/mol. The summed E-state index contributed by atoms with van der Waals surface area (Å²) in [5.41, 5.74) is 7.20. The van der Waals surface area contributed by atoms with Gasteiger partial charge in [0, 0.05) is 23.6 Å². The van der Waals surface area contributed by atoms with Gasteiger partial charge in [-0.1, -0.05) is 94.8 Å². The van der Waals surface area contributed by atoms with Gasteiger partial charge < -0.3 is 0 Å². The summed E-state index contributed by atoms with van der Waals surface area (Å²) in [5.74, 6) is 0.969. The smallest absolute Gasteiger partial charge is 0.189 e. The Balaban J connectivity index is 2.04. The standard InChI is InChI=1S/C30H33N2/c1-5-6-18-26-19-13-20-29(31-26)32-27(23-14-9-7-10-15-23)21-25(30(2,3)4)22-28(32)24-16-11-8-12-17-24/h7-17,19-22H,5-6,18H2,1-4H3/q+1. The Kier molecular flexibility index (Phi) is 6.50. The summed E-state index contributed by atoms with van der Waals surface area (Å²) in [5, 5.41) is 0. The molecular weight excluding hydrogens is 388 g/mol. The molecule has 2 nitrogen and oxygen atoms in total. The molecule has 2 heterocycles. The van der Waals surface area contributed by atoms with Gasteiger partial charge in [-0.2, -0.15) is 4.57 Å². The van der Waals surface area contributed by atoms with Crippen molar-refractivity contribution in [3.8, 4) is 28.3 Å². The molecule has 0 spiro atoms. The molecule has 0 saturated heterocycles. The van der Waals surface area contributed by atoms with Crippen LogP contribution in [0.2, 0.25) is 0 Å². The lowest BCUT2D eigenvalue weighted by molar-refractivity contribution is -0.576. The Labute approximate surface area is 192 Å². The van der Waals surface area contributed by atoms with Gasteiger partial charge in [-0.15, -0.1) is 0 Å². The second-order valence-corrected chi connectivity index (χ2v) is 9.42. The quantitative estimate of drug-likeness (QED) is 0.298. The lowest BCUT2D eigenvalue weighted by Gasteiger charge is -2.22. The van der Waals surface area contributed by atoms with Gasteiger partial charge in [0.1, 0.15) is 11.4 Å². The monoisotopic (exact) mass is 421 g/mol. The van der Waals surface area contributed by atoms with Crippen LogP contribution in [0.1, 0.15) is 51.8 Å². The van der Waals surface area contributed by atoms with Crippen molar-refractivity contribution >= 4 is 0 Å². The van der Waals surface area contributed by atoms with Gasteiger partial charge in [-0.25, -0.2) is 0 Å². The van der Waals surface area contributed by atoms with Crippen molar-refractivity contribution in [1.82, 2.24) is 4.98 Å². The first-order valence-electron chi connectivity index (χ1n) is 11.6. The third-order valence-electron chi connectivity index (χ3n) is 5.88. The molecule has 4 rings (SSSR count). The number of nitrogens with zero attached hydrogens (tertiary/aromatic N) is 2. The largest absolute Gasteiger partial charge is 0.328 e. The number of aromatic nitrogens is 2. The Hall–Kier alpha value is -3.26. The summed E-state index contributed by atoms with van der Waals surface area (Å²) < 4.78 is 2.33. The fourth-order valence-electron chi connectivity index (χ4n) is 4.01. The normalized spacial score (nSPS) is 11.5. The van der Waals surface area contributed by atoms with Crippen molar-refractivity contribution in [2.75, 3.05) is 0 Å². The average Bonchev–Trinajstić information content (AvgIpc) is 2.82. The fourth-order valence-corrected chi connectivity index (χ4v) is 4.01. The number of benzene rings is 2. The summed E-state index contributed by atoms with van der Waals surface area (Å²) in [4.78, 5) is 5.11. The first-order valence-corrected chi connectivity index (χ1v) is 11.6. The van der Waals surface area contributed by atoms with Gasteiger partial charge in [0.15, 0.2) is 5.69 Å². The molecule has 32 heavy (non-hydrogen) atoms. The molecule has 0 radical (unpaired) electrons. The van der Waals surface area contributed by atoms with E-state index in [0.717, 1.165) is 35.7 Å². The highest BCUT2D eigenvalue weighted by Gasteiger charge is 2.26. The van der Waals surface area contributed by atoms with Crippen LogP contribution in [-0.2, 0) is 11.8 Å². The van der Waals surface area contributed by atoms with Crippen molar-refractivity contribution in [3.05, 3.63) is 102 Å². The minimum Gasteiger partial charge on any atom is -0.189 e. The van der Waals surface area contributed by atoms with E-state index in [2.05, 4.69) is 123 Å². The first-order chi connectivity index (χ1) is 15.5. The van der Waals surface area contributed by atoms with Crippen molar-refractivity contribution in [1.29, 1.82) is 0 Å². The van der Waals surface area contributed by atoms with Crippen LogP contribution < -0.4 is 4.57 Å². The SMILES string of the molecule is CCCCc1cccc(-[n+]2c(-c3ccccc3)cc(C(C)(C)C)cc2-c2ccccc2)n1. The van der Waals surface area contributed by atoms with Gasteiger partial charge in [-0.3, -0.25) is 0 Å². The van der Waals surface area contributed by atoms with Crippen molar-refractivity contribution in [3.63, 3.8) is 0 Å². The molecule has 0 unspecified atom stereocenters. The zero-order valence-corrected chi connectivity index (χ0v) is 19.7. The molecule has 0 bridgehead atoms. The third-order valence-corrected chi connectivity index (χ3v) is 5.88. The molecular formula is C30H33N2+. The topological polar surface area (TPSA) is 16.8 Å². The van der Waals surface area contributed by atoms with E-state index in [0.29, 0.717) is 0 Å². The first kappa shape index (κ1) is 22.0. The summed E-state index contributed by atoms with van der Waals surface area (Å²) >= 11 is 0. The van der Waals surface area contributed by atoms with Gasteiger partial charge in [0.25, 0.3) is 0 Å². The molecule has 0 aliphatic rings. The fraction of sp³-hybridized carbons (Fsp3) is 0.267. The van der Waals surface area contributed by atoms with Crippen molar-refractivity contribution in [2.45, 2.75) is 52.4 Å². The van der Waals surface area contributed by atoms with E-state index >= 15 is 0 Å². The molecule has 2 aromatic carbocycles. The van der Waals surface area contributed by atoms with Crippen LogP contribution in [-0.4, -0.2) is 4.98 Å². The Morgan fingerprint density at radius 2 is 1.28 bits per heavy atom. The number of pyridine rings is 2. The molecule has 0 N–H and O–H groups in total. The van der Waals surface area contributed by atoms with Crippen molar-refractivity contribution < 1.29 is 4.57 Å². The summed E-state index contributed by atoms with van der Waals surface area (Å²) in [6, 6.07) is 32.4. The predicted octanol–water partition coefficient (Wildman–Crippen LogP) is 7.33. The molecule has 0 atom stereocenters. The molecule has 0 aliphatic carbocycles. The highest BCUT2D eigenvalue weighted by molar-refractivity contribution is 5.64. The van der Waals surface area contributed by atoms with Crippen molar-refractivity contribution in [2.24, 2.45) is 0 Å². The number of hydrogen-bond donors (Lipinski definition) is 0. The second-order valence-electron chi connectivity index (χ2n) is 9.42. The van der Waals surface area contributed by atoms with Crippen LogP contribution in [0.5, 0.6) is 0 Å². The number of aryl methyl sites for hydroxylation is 1. The third kappa shape index (κ3) is 4.80. The van der Waals surface area contributed by atoms with Gasteiger partial charge >= 0.3 is 5.82 Å².